The van der Waals surface area contributed by atoms with Crippen molar-refractivity contribution in [2.24, 2.45) is 0 Å². The highest BCUT2D eigenvalue weighted by molar-refractivity contribution is 7.91. The van der Waals surface area contributed by atoms with Gasteiger partial charge in [-0.3, -0.25) is 0 Å². The summed E-state index contributed by atoms with van der Waals surface area (Å²) in [7, 11) is -3.60. The first-order valence-electron chi connectivity index (χ1n) is 5.76. The minimum absolute atomic E-state index is 0.0268. The van der Waals surface area contributed by atoms with E-state index < -0.39 is 16.0 Å². The normalized spacial score (nSPS) is 13.4. The molecule has 1 aromatic rings. The van der Waals surface area contributed by atoms with Crippen LogP contribution in [0.2, 0.25) is 0 Å². The lowest BCUT2D eigenvalue weighted by atomic mass is 10.1. The van der Waals surface area contributed by atoms with Crippen LogP contribution in [-0.2, 0) is 10.0 Å². The molecule has 7 heteroatoms. The third-order valence-electron chi connectivity index (χ3n) is 2.51. The van der Waals surface area contributed by atoms with Gasteiger partial charge in [0.25, 0.3) is 0 Å². The SMILES string of the molecule is CCCC(CC)NS(=O)(=O)c1ccc(C(=O)O)s1. The molecule has 5 nitrogen and oxygen atoms in total. The van der Waals surface area contributed by atoms with Crippen molar-refractivity contribution in [3.8, 4) is 0 Å². The molecule has 0 saturated heterocycles. The van der Waals surface area contributed by atoms with E-state index in [2.05, 4.69) is 4.72 Å². The Morgan fingerprint density at radius 3 is 2.56 bits per heavy atom. The molecule has 0 radical (unpaired) electrons. The van der Waals surface area contributed by atoms with Crippen LogP contribution in [0.15, 0.2) is 16.3 Å². The Bertz CT molecular complexity index is 507. The molecule has 1 aromatic heterocycles. The molecule has 2 N–H and O–H groups in total. The van der Waals surface area contributed by atoms with Crippen LogP contribution in [0.1, 0.15) is 42.8 Å². The fourth-order valence-corrected chi connectivity index (χ4v) is 4.07. The first-order valence-corrected chi connectivity index (χ1v) is 8.06. The predicted molar refractivity (Wildman–Crippen MR) is 70.6 cm³/mol. The number of aromatic carboxylic acids is 1. The summed E-state index contributed by atoms with van der Waals surface area (Å²) in [6.45, 7) is 3.91. The Balaban J connectivity index is 2.88. The van der Waals surface area contributed by atoms with Gasteiger partial charge in [0.15, 0.2) is 0 Å². The maximum Gasteiger partial charge on any atom is 0.345 e. The van der Waals surface area contributed by atoms with Crippen LogP contribution < -0.4 is 4.72 Å². The highest BCUT2D eigenvalue weighted by atomic mass is 32.2. The number of carbonyl (C=O) groups is 1. The van der Waals surface area contributed by atoms with Gasteiger partial charge in [-0.05, 0) is 25.0 Å². The summed E-state index contributed by atoms with van der Waals surface area (Å²) in [5.74, 6) is -1.11. The minimum atomic E-state index is -3.60. The molecule has 0 spiro atoms. The second-order valence-corrected chi connectivity index (χ2v) is 6.96. The highest BCUT2D eigenvalue weighted by Crippen LogP contribution is 2.22. The lowest BCUT2D eigenvalue weighted by molar-refractivity contribution is 0.0702. The first-order chi connectivity index (χ1) is 8.40. The van der Waals surface area contributed by atoms with Crippen molar-refractivity contribution < 1.29 is 18.3 Å². The van der Waals surface area contributed by atoms with E-state index in [9.17, 15) is 13.2 Å². The second kappa shape index (κ2) is 6.31. The van der Waals surface area contributed by atoms with Gasteiger partial charge < -0.3 is 5.11 Å². The summed E-state index contributed by atoms with van der Waals surface area (Å²) < 4.78 is 26.7. The van der Waals surface area contributed by atoms with Gasteiger partial charge in [0.1, 0.15) is 9.09 Å². The van der Waals surface area contributed by atoms with E-state index in [0.717, 1.165) is 24.2 Å². The number of rotatable bonds is 7. The lowest BCUT2D eigenvalue weighted by Gasteiger charge is -2.15. The van der Waals surface area contributed by atoms with E-state index in [-0.39, 0.29) is 15.1 Å². The van der Waals surface area contributed by atoms with Gasteiger partial charge in [-0.25, -0.2) is 17.9 Å². The molecular weight excluding hydrogens is 274 g/mol. The van der Waals surface area contributed by atoms with Crippen LogP contribution >= 0.6 is 11.3 Å². The van der Waals surface area contributed by atoms with Crippen molar-refractivity contribution in [3.63, 3.8) is 0 Å². The molecular formula is C11H17NO4S2. The maximum absolute atomic E-state index is 12.0. The topological polar surface area (TPSA) is 83.5 Å². The summed E-state index contributed by atoms with van der Waals surface area (Å²) in [5.41, 5.74) is 0. The van der Waals surface area contributed by atoms with Gasteiger partial charge in [0.05, 0.1) is 0 Å². The Kier molecular flexibility index (Phi) is 5.30. The summed E-state index contributed by atoms with van der Waals surface area (Å²) in [4.78, 5) is 10.7. The molecule has 1 rings (SSSR count). The standard InChI is InChI=1S/C11H17NO4S2/c1-3-5-8(4-2)12-18(15,16)10-7-6-9(17-10)11(13)14/h6-8,12H,3-5H2,1-2H3,(H,13,14). The van der Waals surface area contributed by atoms with Crippen molar-refractivity contribution >= 4 is 27.3 Å². The molecule has 0 aromatic carbocycles. The quantitative estimate of drug-likeness (QED) is 0.807. The zero-order chi connectivity index (χ0) is 13.8. The van der Waals surface area contributed by atoms with E-state index in [4.69, 9.17) is 5.11 Å². The Morgan fingerprint density at radius 1 is 1.44 bits per heavy atom. The molecule has 1 unspecified atom stereocenters. The van der Waals surface area contributed by atoms with Crippen molar-refractivity contribution in [1.82, 2.24) is 4.72 Å². The van der Waals surface area contributed by atoms with Gasteiger partial charge in [0.2, 0.25) is 10.0 Å². The van der Waals surface area contributed by atoms with Crippen LogP contribution in [-0.4, -0.2) is 25.5 Å². The van der Waals surface area contributed by atoms with Crippen molar-refractivity contribution in [1.29, 1.82) is 0 Å². The van der Waals surface area contributed by atoms with E-state index in [1.807, 2.05) is 13.8 Å². The van der Waals surface area contributed by atoms with Gasteiger partial charge in [-0.15, -0.1) is 11.3 Å². The number of hydrogen-bond acceptors (Lipinski definition) is 4. The van der Waals surface area contributed by atoms with Crippen LogP contribution in [0.25, 0.3) is 0 Å². The molecule has 0 aliphatic heterocycles. The molecule has 0 saturated carbocycles. The molecule has 0 aliphatic carbocycles. The van der Waals surface area contributed by atoms with Crippen LogP contribution in [0.5, 0.6) is 0 Å². The average molecular weight is 291 g/mol. The largest absolute Gasteiger partial charge is 0.477 e. The number of nitrogens with one attached hydrogen (secondary N) is 1. The van der Waals surface area contributed by atoms with Crippen LogP contribution in [0, 0.1) is 0 Å². The third-order valence-corrected chi connectivity index (χ3v) is 5.59. The summed E-state index contributed by atoms with van der Waals surface area (Å²) in [5, 5.41) is 8.77. The number of sulfonamides is 1. The van der Waals surface area contributed by atoms with E-state index in [0.29, 0.717) is 6.42 Å². The summed E-state index contributed by atoms with van der Waals surface area (Å²) in [6.07, 6.45) is 2.38. The molecule has 1 atom stereocenters. The van der Waals surface area contributed by atoms with Crippen molar-refractivity contribution in [2.45, 2.75) is 43.4 Å². The van der Waals surface area contributed by atoms with Crippen molar-refractivity contribution in [3.05, 3.63) is 17.0 Å². The fraction of sp³-hybridized carbons (Fsp3) is 0.545. The monoisotopic (exact) mass is 291 g/mol. The highest BCUT2D eigenvalue weighted by Gasteiger charge is 2.21. The number of carboxylic acid groups (broad SMARTS) is 1. The molecule has 0 bridgehead atoms. The Morgan fingerprint density at radius 2 is 2.11 bits per heavy atom. The van der Waals surface area contributed by atoms with Gasteiger partial charge >= 0.3 is 5.97 Å². The minimum Gasteiger partial charge on any atom is -0.477 e. The zero-order valence-corrected chi connectivity index (χ0v) is 12.0. The van der Waals surface area contributed by atoms with Crippen LogP contribution in [0.4, 0.5) is 0 Å². The van der Waals surface area contributed by atoms with E-state index in [1.165, 1.54) is 12.1 Å². The second-order valence-electron chi connectivity index (χ2n) is 3.94. The molecule has 1 heterocycles. The molecule has 18 heavy (non-hydrogen) atoms. The average Bonchev–Trinajstić information content (AvgIpc) is 2.78. The summed E-state index contributed by atoms with van der Waals surface area (Å²) in [6, 6.07) is 2.53. The molecule has 0 fully saturated rings. The Hall–Kier alpha value is -0.920. The zero-order valence-electron chi connectivity index (χ0n) is 10.3. The lowest BCUT2D eigenvalue weighted by Crippen LogP contribution is -2.33. The number of hydrogen-bond donors (Lipinski definition) is 2. The first kappa shape index (κ1) is 15.1. The Labute approximate surface area is 111 Å². The van der Waals surface area contributed by atoms with Gasteiger partial charge in [-0.1, -0.05) is 20.3 Å². The predicted octanol–water partition coefficient (Wildman–Crippen LogP) is 2.30. The number of carboxylic acids is 1. The third kappa shape index (κ3) is 3.79. The van der Waals surface area contributed by atoms with Crippen molar-refractivity contribution in [2.75, 3.05) is 0 Å². The van der Waals surface area contributed by atoms with Gasteiger partial charge in [0, 0.05) is 6.04 Å². The van der Waals surface area contributed by atoms with E-state index in [1.54, 1.807) is 0 Å². The molecule has 102 valence electrons. The maximum atomic E-state index is 12.0. The van der Waals surface area contributed by atoms with Gasteiger partial charge in [-0.2, -0.15) is 0 Å². The van der Waals surface area contributed by atoms with Crippen LogP contribution in [0.3, 0.4) is 0 Å². The smallest absolute Gasteiger partial charge is 0.345 e. The van der Waals surface area contributed by atoms with E-state index >= 15 is 0 Å². The fourth-order valence-electron chi connectivity index (χ4n) is 1.55. The molecule has 0 amide bonds. The summed E-state index contributed by atoms with van der Waals surface area (Å²) >= 11 is 0.768. The molecule has 0 aliphatic rings. The number of thiophene rings is 1.